The van der Waals surface area contributed by atoms with Gasteiger partial charge in [-0.05, 0) is 12.1 Å². The largest absolute Gasteiger partial charge is 0.508 e. The molecule has 1 aromatic carbocycles. The standard InChI is InChI=1S/C16H15N3O2/c1-11(20)19-15(13-6-2-3-7-16(13)21)9-14(18-19)12-5-4-8-17-10-12/h2-8,10,15,21H,9H2,1H3/t15-/m1/s1. The maximum absolute atomic E-state index is 11.8. The van der Waals surface area contributed by atoms with Gasteiger partial charge in [0.25, 0.3) is 0 Å². The van der Waals surface area contributed by atoms with Crippen LogP contribution >= 0.6 is 0 Å². The summed E-state index contributed by atoms with van der Waals surface area (Å²) in [6.07, 6.45) is 3.98. The van der Waals surface area contributed by atoms with Crippen LogP contribution in [0.4, 0.5) is 0 Å². The summed E-state index contributed by atoms with van der Waals surface area (Å²) in [5.41, 5.74) is 2.39. The highest BCUT2D eigenvalue weighted by Gasteiger charge is 2.32. The molecule has 1 N–H and O–H groups in total. The van der Waals surface area contributed by atoms with Gasteiger partial charge >= 0.3 is 0 Å². The van der Waals surface area contributed by atoms with Gasteiger partial charge in [-0.2, -0.15) is 5.10 Å². The lowest BCUT2D eigenvalue weighted by Gasteiger charge is -2.21. The van der Waals surface area contributed by atoms with Crippen molar-refractivity contribution >= 4 is 11.6 Å². The number of aromatic hydroxyl groups is 1. The third kappa shape index (κ3) is 2.50. The molecule has 3 rings (SSSR count). The van der Waals surface area contributed by atoms with Crippen LogP contribution in [0.3, 0.4) is 0 Å². The minimum Gasteiger partial charge on any atom is -0.508 e. The van der Waals surface area contributed by atoms with Crippen LogP contribution in [0.25, 0.3) is 0 Å². The number of pyridine rings is 1. The number of para-hydroxylation sites is 1. The van der Waals surface area contributed by atoms with E-state index in [0.29, 0.717) is 12.0 Å². The molecule has 5 nitrogen and oxygen atoms in total. The highest BCUT2D eigenvalue weighted by Crippen LogP contribution is 2.36. The van der Waals surface area contributed by atoms with Gasteiger partial charge in [-0.3, -0.25) is 9.78 Å². The molecule has 0 bridgehead atoms. The van der Waals surface area contributed by atoms with Gasteiger partial charge in [-0.25, -0.2) is 5.01 Å². The number of hydrazone groups is 1. The second-order valence-corrected chi connectivity index (χ2v) is 4.93. The Kier molecular flexibility index (Phi) is 3.39. The third-order valence-corrected chi connectivity index (χ3v) is 3.52. The first-order valence-corrected chi connectivity index (χ1v) is 6.72. The second kappa shape index (κ2) is 5.36. The molecule has 106 valence electrons. The summed E-state index contributed by atoms with van der Waals surface area (Å²) in [5, 5.41) is 15.9. The van der Waals surface area contributed by atoms with Gasteiger partial charge in [0.15, 0.2) is 0 Å². The van der Waals surface area contributed by atoms with Crippen molar-refractivity contribution in [1.29, 1.82) is 0 Å². The summed E-state index contributed by atoms with van der Waals surface area (Å²) in [6.45, 7) is 1.47. The van der Waals surface area contributed by atoms with Crippen molar-refractivity contribution in [2.45, 2.75) is 19.4 Å². The van der Waals surface area contributed by atoms with Gasteiger partial charge in [-0.15, -0.1) is 0 Å². The Morgan fingerprint density at radius 1 is 1.29 bits per heavy atom. The molecule has 1 aliphatic rings. The van der Waals surface area contributed by atoms with E-state index in [2.05, 4.69) is 10.1 Å². The van der Waals surface area contributed by atoms with Crippen molar-refractivity contribution in [3.8, 4) is 5.75 Å². The summed E-state index contributed by atoms with van der Waals surface area (Å²) in [6, 6.07) is 10.5. The molecule has 5 heteroatoms. The maximum Gasteiger partial charge on any atom is 0.240 e. The van der Waals surface area contributed by atoms with E-state index in [0.717, 1.165) is 11.3 Å². The zero-order valence-electron chi connectivity index (χ0n) is 11.6. The van der Waals surface area contributed by atoms with E-state index in [1.54, 1.807) is 24.5 Å². The number of carbonyl (C=O) groups is 1. The Balaban J connectivity index is 1.98. The van der Waals surface area contributed by atoms with Crippen LogP contribution in [0.2, 0.25) is 0 Å². The smallest absolute Gasteiger partial charge is 0.240 e. The Morgan fingerprint density at radius 3 is 2.76 bits per heavy atom. The normalized spacial score (nSPS) is 17.7. The topological polar surface area (TPSA) is 65.8 Å². The second-order valence-electron chi connectivity index (χ2n) is 4.93. The monoisotopic (exact) mass is 281 g/mol. The minimum atomic E-state index is -0.279. The lowest BCUT2D eigenvalue weighted by Crippen LogP contribution is -2.24. The summed E-state index contributed by atoms with van der Waals surface area (Å²) < 4.78 is 0. The summed E-state index contributed by atoms with van der Waals surface area (Å²) >= 11 is 0. The number of amides is 1. The zero-order chi connectivity index (χ0) is 14.8. The quantitative estimate of drug-likeness (QED) is 0.919. The SMILES string of the molecule is CC(=O)N1N=C(c2cccnc2)C[C@@H]1c1ccccc1O. The van der Waals surface area contributed by atoms with Crippen LogP contribution in [0.15, 0.2) is 53.9 Å². The molecule has 0 fully saturated rings. The summed E-state index contributed by atoms with van der Waals surface area (Å²) in [4.78, 5) is 15.9. The molecule has 1 amide bonds. The summed E-state index contributed by atoms with van der Waals surface area (Å²) in [7, 11) is 0. The Labute approximate surface area is 122 Å². The summed E-state index contributed by atoms with van der Waals surface area (Å²) in [5.74, 6) is 0.0264. The molecule has 2 heterocycles. The molecule has 0 radical (unpaired) electrons. The number of hydrogen-bond acceptors (Lipinski definition) is 4. The molecule has 0 saturated carbocycles. The Bertz CT molecular complexity index is 698. The molecule has 1 aliphatic heterocycles. The molecule has 21 heavy (non-hydrogen) atoms. The van der Waals surface area contributed by atoms with Crippen molar-refractivity contribution in [1.82, 2.24) is 9.99 Å². The van der Waals surface area contributed by atoms with Gasteiger partial charge in [0, 0.05) is 36.9 Å². The molecule has 0 aliphatic carbocycles. The van der Waals surface area contributed by atoms with E-state index >= 15 is 0 Å². The average Bonchev–Trinajstić information content (AvgIpc) is 2.94. The van der Waals surface area contributed by atoms with Crippen molar-refractivity contribution in [2.24, 2.45) is 5.10 Å². The van der Waals surface area contributed by atoms with Crippen LogP contribution < -0.4 is 0 Å². The van der Waals surface area contributed by atoms with Crippen LogP contribution in [-0.4, -0.2) is 26.7 Å². The first-order chi connectivity index (χ1) is 10.2. The van der Waals surface area contributed by atoms with E-state index in [-0.39, 0.29) is 17.7 Å². The molecule has 2 aromatic rings. The van der Waals surface area contributed by atoms with Gasteiger partial charge in [0.05, 0.1) is 11.8 Å². The van der Waals surface area contributed by atoms with Crippen molar-refractivity contribution in [2.75, 3.05) is 0 Å². The molecule has 1 atom stereocenters. The predicted octanol–water partition coefficient (Wildman–Crippen LogP) is 2.48. The van der Waals surface area contributed by atoms with Crippen molar-refractivity contribution in [3.63, 3.8) is 0 Å². The van der Waals surface area contributed by atoms with Crippen LogP contribution in [-0.2, 0) is 4.79 Å². The number of phenols is 1. The maximum atomic E-state index is 11.8. The van der Waals surface area contributed by atoms with Crippen LogP contribution in [0.1, 0.15) is 30.5 Å². The number of phenolic OH excluding ortho intramolecular Hbond substituents is 1. The van der Waals surface area contributed by atoms with Gasteiger partial charge in [-0.1, -0.05) is 24.3 Å². The van der Waals surface area contributed by atoms with Crippen LogP contribution in [0, 0.1) is 0 Å². The average molecular weight is 281 g/mol. The number of rotatable bonds is 2. The number of hydrogen-bond donors (Lipinski definition) is 1. The van der Waals surface area contributed by atoms with E-state index in [4.69, 9.17) is 0 Å². The van der Waals surface area contributed by atoms with Gasteiger partial charge < -0.3 is 5.11 Å². The number of carbonyl (C=O) groups excluding carboxylic acids is 1. The molecular weight excluding hydrogens is 266 g/mol. The first kappa shape index (κ1) is 13.3. The fraction of sp³-hybridized carbons (Fsp3) is 0.188. The van der Waals surface area contributed by atoms with E-state index in [1.165, 1.54) is 11.9 Å². The lowest BCUT2D eigenvalue weighted by molar-refractivity contribution is -0.130. The molecular formula is C16H15N3O2. The third-order valence-electron chi connectivity index (χ3n) is 3.52. The molecule has 0 spiro atoms. The Morgan fingerprint density at radius 2 is 2.10 bits per heavy atom. The Hall–Kier alpha value is -2.69. The first-order valence-electron chi connectivity index (χ1n) is 6.72. The van der Waals surface area contributed by atoms with Gasteiger partial charge in [0.2, 0.25) is 5.91 Å². The van der Waals surface area contributed by atoms with E-state index in [9.17, 15) is 9.90 Å². The fourth-order valence-corrected chi connectivity index (χ4v) is 2.52. The van der Waals surface area contributed by atoms with Gasteiger partial charge in [0.1, 0.15) is 5.75 Å². The van der Waals surface area contributed by atoms with Crippen molar-refractivity contribution < 1.29 is 9.90 Å². The number of aromatic nitrogens is 1. The lowest BCUT2D eigenvalue weighted by atomic mass is 9.98. The number of benzene rings is 1. The fourth-order valence-electron chi connectivity index (χ4n) is 2.52. The number of nitrogens with zero attached hydrogens (tertiary/aromatic N) is 3. The minimum absolute atomic E-state index is 0.151. The zero-order valence-corrected chi connectivity index (χ0v) is 11.6. The molecule has 0 unspecified atom stereocenters. The van der Waals surface area contributed by atoms with E-state index in [1.807, 2.05) is 24.3 Å². The molecule has 0 saturated heterocycles. The molecule has 1 aromatic heterocycles. The highest BCUT2D eigenvalue weighted by molar-refractivity contribution is 6.02. The van der Waals surface area contributed by atoms with Crippen molar-refractivity contribution in [3.05, 3.63) is 59.9 Å². The van der Waals surface area contributed by atoms with E-state index < -0.39 is 0 Å². The predicted molar refractivity (Wildman–Crippen MR) is 78.8 cm³/mol. The highest BCUT2D eigenvalue weighted by atomic mass is 16.3. The van der Waals surface area contributed by atoms with Crippen LogP contribution in [0.5, 0.6) is 5.75 Å².